The van der Waals surface area contributed by atoms with Crippen LogP contribution in [0.15, 0.2) is 18.2 Å². The van der Waals surface area contributed by atoms with Gasteiger partial charge in [0.25, 0.3) is 0 Å². The molecule has 90 valence electrons. The molecule has 1 aromatic rings. The Morgan fingerprint density at radius 1 is 1.31 bits per heavy atom. The monoisotopic (exact) mass is 221 g/mol. The first-order chi connectivity index (χ1) is 7.72. The maximum atomic E-state index is 5.68. The molecule has 1 atom stereocenters. The molecule has 0 aromatic heterocycles. The van der Waals surface area contributed by atoms with Crippen molar-refractivity contribution in [2.24, 2.45) is 0 Å². The topological polar surface area (TPSA) is 21.3 Å². The molecule has 0 saturated heterocycles. The quantitative estimate of drug-likeness (QED) is 0.794. The van der Waals surface area contributed by atoms with Gasteiger partial charge >= 0.3 is 0 Å². The Kier molecular flexibility index (Phi) is 5.33. The number of ether oxygens (including phenoxy) is 1. The fourth-order valence-electron chi connectivity index (χ4n) is 1.97. The Balaban J connectivity index is 3.01. The van der Waals surface area contributed by atoms with Crippen molar-refractivity contribution in [1.82, 2.24) is 5.32 Å². The van der Waals surface area contributed by atoms with E-state index in [-0.39, 0.29) is 0 Å². The van der Waals surface area contributed by atoms with E-state index in [1.165, 1.54) is 17.5 Å². The van der Waals surface area contributed by atoms with Gasteiger partial charge in [-0.15, -0.1) is 0 Å². The van der Waals surface area contributed by atoms with E-state index in [9.17, 15) is 0 Å². The molecular weight excluding hydrogens is 198 g/mol. The van der Waals surface area contributed by atoms with Gasteiger partial charge in [0.15, 0.2) is 0 Å². The van der Waals surface area contributed by atoms with Crippen molar-refractivity contribution in [1.29, 1.82) is 0 Å². The van der Waals surface area contributed by atoms with Gasteiger partial charge in [-0.3, -0.25) is 0 Å². The fourth-order valence-corrected chi connectivity index (χ4v) is 1.97. The van der Waals surface area contributed by atoms with Crippen molar-refractivity contribution in [3.05, 3.63) is 29.3 Å². The summed E-state index contributed by atoms with van der Waals surface area (Å²) in [5.41, 5.74) is 2.57. The van der Waals surface area contributed by atoms with E-state index >= 15 is 0 Å². The zero-order chi connectivity index (χ0) is 12.0. The molecule has 0 spiro atoms. The average Bonchev–Trinajstić information content (AvgIpc) is 2.29. The molecule has 1 aromatic carbocycles. The molecule has 0 amide bonds. The van der Waals surface area contributed by atoms with Gasteiger partial charge < -0.3 is 10.1 Å². The fraction of sp³-hybridized carbons (Fsp3) is 0.571. The molecule has 0 aliphatic heterocycles. The predicted molar refractivity (Wildman–Crippen MR) is 69.1 cm³/mol. The van der Waals surface area contributed by atoms with Crippen molar-refractivity contribution in [2.45, 2.75) is 39.7 Å². The summed E-state index contributed by atoms with van der Waals surface area (Å²) in [4.78, 5) is 0. The van der Waals surface area contributed by atoms with E-state index in [2.05, 4.69) is 37.4 Å². The molecular formula is C14H23NO. The van der Waals surface area contributed by atoms with E-state index in [0.29, 0.717) is 6.04 Å². The molecule has 16 heavy (non-hydrogen) atoms. The minimum atomic E-state index is 0.395. The highest BCUT2D eigenvalue weighted by Crippen LogP contribution is 2.29. The molecule has 1 unspecified atom stereocenters. The first-order valence-electron chi connectivity index (χ1n) is 6.13. The summed E-state index contributed by atoms with van der Waals surface area (Å²) in [6.07, 6.45) is 2.31. The van der Waals surface area contributed by atoms with Crippen LogP contribution in [0.5, 0.6) is 5.75 Å². The average molecular weight is 221 g/mol. The summed E-state index contributed by atoms with van der Waals surface area (Å²) in [5.74, 6) is 1.01. The van der Waals surface area contributed by atoms with Crippen LogP contribution in [0, 0.1) is 6.92 Å². The lowest BCUT2D eigenvalue weighted by molar-refractivity contribution is 0.331. The number of rotatable bonds is 6. The van der Waals surface area contributed by atoms with Crippen LogP contribution < -0.4 is 10.1 Å². The first kappa shape index (κ1) is 13.0. The Morgan fingerprint density at radius 2 is 2.06 bits per heavy atom. The molecule has 0 fully saturated rings. The maximum Gasteiger partial charge on any atom is 0.124 e. The highest BCUT2D eigenvalue weighted by Gasteiger charge is 2.13. The zero-order valence-electron chi connectivity index (χ0n) is 10.8. The van der Waals surface area contributed by atoms with Crippen molar-refractivity contribution >= 4 is 0 Å². The van der Waals surface area contributed by atoms with Crippen LogP contribution in [-0.2, 0) is 0 Å². The van der Waals surface area contributed by atoms with E-state index in [1.807, 2.05) is 14.0 Å². The van der Waals surface area contributed by atoms with Gasteiger partial charge in [-0.25, -0.2) is 0 Å². The van der Waals surface area contributed by atoms with Crippen LogP contribution in [0.2, 0.25) is 0 Å². The second-order valence-corrected chi connectivity index (χ2v) is 4.10. The van der Waals surface area contributed by atoms with Gasteiger partial charge in [0.2, 0.25) is 0 Å². The number of aryl methyl sites for hydroxylation is 1. The SMILES string of the molecule is CCCC(NC)c1cc(C)ccc1OCC. The largest absolute Gasteiger partial charge is 0.494 e. The van der Waals surface area contributed by atoms with Gasteiger partial charge in [0.1, 0.15) is 5.75 Å². The van der Waals surface area contributed by atoms with Crippen LogP contribution in [0.4, 0.5) is 0 Å². The van der Waals surface area contributed by atoms with Crippen LogP contribution in [0.3, 0.4) is 0 Å². The van der Waals surface area contributed by atoms with E-state index < -0.39 is 0 Å². The molecule has 2 nitrogen and oxygen atoms in total. The van der Waals surface area contributed by atoms with Gasteiger partial charge in [-0.1, -0.05) is 31.0 Å². The van der Waals surface area contributed by atoms with E-state index in [0.717, 1.165) is 18.8 Å². The minimum Gasteiger partial charge on any atom is -0.494 e. The second kappa shape index (κ2) is 6.54. The summed E-state index contributed by atoms with van der Waals surface area (Å²) in [5, 5.41) is 3.37. The van der Waals surface area contributed by atoms with Gasteiger partial charge in [-0.2, -0.15) is 0 Å². The number of hydrogen-bond acceptors (Lipinski definition) is 2. The Bertz CT molecular complexity index is 323. The van der Waals surface area contributed by atoms with Crippen molar-refractivity contribution in [3.8, 4) is 5.75 Å². The van der Waals surface area contributed by atoms with Gasteiger partial charge in [0, 0.05) is 11.6 Å². The molecule has 0 heterocycles. The first-order valence-corrected chi connectivity index (χ1v) is 6.13. The maximum absolute atomic E-state index is 5.68. The van der Waals surface area contributed by atoms with Crippen LogP contribution in [0.25, 0.3) is 0 Å². The molecule has 1 rings (SSSR count). The smallest absolute Gasteiger partial charge is 0.124 e. The molecule has 2 heteroatoms. The molecule has 0 saturated carbocycles. The standard InChI is InChI=1S/C14H23NO/c1-5-7-13(15-4)12-10-11(3)8-9-14(12)16-6-2/h8-10,13,15H,5-7H2,1-4H3. The molecule has 0 aliphatic carbocycles. The third-order valence-corrected chi connectivity index (χ3v) is 2.77. The Morgan fingerprint density at radius 3 is 2.62 bits per heavy atom. The predicted octanol–water partition coefficient (Wildman–Crippen LogP) is 3.45. The lowest BCUT2D eigenvalue weighted by Crippen LogP contribution is -2.17. The van der Waals surface area contributed by atoms with Crippen molar-refractivity contribution in [3.63, 3.8) is 0 Å². The number of nitrogens with one attached hydrogen (secondary N) is 1. The molecule has 0 aliphatic rings. The van der Waals surface area contributed by atoms with Gasteiger partial charge in [0.05, 0.1) is 6.61 Å². The highest BCUT2D eigenvalue weighted by atomic mass is 16.5. The Hall–Kier alpha value is -1.02. The molecule has 1 N–H and O–H groups in total. The lowest BCUT2D eigenvalue weighted by Gasteiger charge is -2.20. The van der Waals surface area contributed by atoms with E-state index in [1.54, 1.807) is 0 Å². The number of benzene rings is 1. The summed E-state index contributed by atoms with van der Waals surface area (Å²) in [6.45, 7) is 7.08. The molecule has 0 bridgehead atoms. The highest BCUT2D eigenvalue weighted by molar-refractivity contribution is 5.39. The van der Waals surface area contributed by atoms with Crippen LogP contribution in [-0.4, -0.2) is 13.7 Å². The summed E-state index contributed by atoms with van der Waals surface area (Å²) < 4.78 is 5.68. The normalized spacial score (nSPS) is 12.5. The van der Waals surface area contributed by atoms with E-state index in [4.69, 9.17) is 4.74 Å². The van der Waals surface area contributed by atoms with Crippen LogP contribution in [0.1, 0.15) is 43.9 Å². The number of hydrogen-bond donors (Lipinski definition) is 1. The third kappa shape index (κ3) is 3.24. The third-order valence-electron chi connectivity index (χ3n) is 2.77. The summed E-state index contributed by atoms with van der Waals surface area (Å²) in [7, 11) is 2.01. The van der Waals surface area contributed by atoms with Crippen molar-refractivity contribution < 1.29 is 4.74 Å². The minimum absolute atomic E-state index is 0.395. The van der Waals surface area contributed by atoms with Crippen LogP contribution >= 0.6 is 0 Å². The summed E-state index contributed by atoms with van der Waals surface area (Å²) >= 11 is 0. The zero-order valence-corrected chi connectivity index (χ0v) is 10.8. The molecule has 0 radical (unpaired) electrons. The second-order valence-electron chi connectivity index (χ2n) is 4.10. The lowest BCUT2D eigenvalue weighted by atomic mass is 9.99. The summed E-state index contributed by atoms with van der Waals surface area (Å²) in [6, 6.07) is 6.80. The van der Waals surface area contributed by atoms with Crippen molar-refractivity contribution in [2.75, 3.05) is 13.7 Å². The Labute approximate surface area is 99.0 Å². The van der Waals surface area contributed by atoms with Gasteiger partial charge in [-0.05, 0) is 33.4 Å².